The molecule has 0 unspecified atom stereocenters. The second-order valence-corrected chi connectivity index (χ2v) is 11.1. The molecule has 3 aromatic heterocycles. The third-order valence-electron chi connectivity index (χ3n) is 7.89. The molecular weight excluding hydrogens is 589 g/mol. The van der Waals surface area contributed by atoms with Gasteiger partial charge in [-0.2, -0.15) is 18.3 Å². The van der Waals surface area contributed by atoms with Gasteiger partial charge in [0, 0.05) is 26.3 Å². The van der Waals surface area contributed by atoms with E-state index in [1.807, 2.05) is 0 Å². The van der Waals surface area contributed by atoms with Crippen LogP contribution in [0.5, 0.6) is 0 Å². The van der Waals surface area contributed by atoms with Crippen LogP contribution in [0.25, 0.3) is 5.65 Å². The van der Waals surface area contributed by atoms with Gasteiger partial charge in [-0.05, 0) is 49.1 Å². The zero-order chi connectivity index (χ0) is 31.1. The number of imidazole rings is 1. The van der Waals surface area contributed by atoms with E-state index in [4.69, 9.17) is 0 Å². The number of nitrogens with zero attached hydrogens (tertiary/aromatic N) is 6. The Morgan fingerprint density at radius 3 is 2.37 bits per heavy atom. The maximum atomic E-state index is 14.0. The van der Waals surface area contributed by atoms with Crippen LogP contribution in [0, 0.1) is 11.8 Å². The average molecular weight is 619 g/mol. The number of nitrogens with one attached hydrogen (secondary N) is 2. The van der Waals surface area contributed by atoms with E-state index in [1.54, 1.807) is 6.07 Å². The fourth-order valence-electron chi connectivity index (χ4n) is 5.44. The Hall–Kier alpha value is -3.79. The van der Waals surface area contributed by atoms with E-state index in [2.05, 4.69) is 31.0 Å². The monoisotopic (exact) mass is 618 g/mol. The van der Waals surface area contributed by atoms with Gasteiger partial charge in [-0.15, -0.1) is 5.10 Å². The van der Waals surface area contributed by atoms with Crippen LogP contribution in [-0.2, 0) is 11.8 Å². The van der Waals surface area contributed by atoms with Crippen molar-refractivity contribution in [2.75, 3.05) is 0 Å². The van der Waals surface area contributed by atoms with Crippen LogP contribution >= 0.6 is 0 Å². The van der Waals surface area contributed by atoms with Crippen LogP contribution < -0.4 is 10.6 Å². The number of aryl methyl sites for hydroxylation is 1. The molecule has 2 fully saturated rings. The predicted octanol–water partition coefficient (Wildman–Crippen LogP) is 5.00. The molecule has 0 bridgehead atoms. The smallest absolute Gasteiger partial charge is 0.349 e. The molecule has 0 aliphatic heterocycles. The van der Waals surface area contributed by atoms with E-state index in [0.717, 1.165) is 17.5 Å². The van der Waals surface area contributed by atoms with Gasteiger partial charge in [0.25, 0.3) is 12.3 Å². The minimum atomic E-state index is -4.46. The van der Waals surface area contributed by atoms with Crippen molar-refractivity contribution in [3.05, 3.63) is 41.1 Å². The lowest BCUT2D eigenvalue weighted by Crippen LogP contribution is -2.38. The van der Waals surface area contributed by atoms with Crippen molar-refractivity contribution in [3.8, 4) is 0 Å². The topological polar surface area (TPSA) is 119 Å². The summed E-state index contributed by atoms with van der Waals surface area (Å²) in [6, 6.07) is 0.0658. The Bertz CT molecular complexity index is 1470. The summed E-state index contributed by atoms with van der Waals surface area (Å²) in [5.41, 5.74) is -0.257. The Labute approximate surface area is 240 Å². The minimum Gasteiger partial charge on any atom is -0.349 e. The van der Waals surface area contributed by atoms with Crippen LogP contribution in [0.1, 0.15) is 97.3 Å². The quantitative estimate of drug-likeness (QED) is 0.309. The molecule has 0 radical (unpaired) electrons. The Morgan fingerprint density at radius 2 is 1.74 bits per heavy atom. The highest BCUT2D eigenvalue weighted by Crippen LogP contribution is 2.43. The molecule has 2 aliphatic rings. The molecule has 234 valence electrons. The molecule has 2 saturated carbocycles. The van der Waals surface area contributed by atoms with Crippen molar-refractivity contribution in [3.63, 3.8) is 0 Å². The third kappa shape index (κ3) is 7.24. The van der Waals surface area contributed by atoms with E-state index < -0.39 is 85.4 Å². The number of carbonyl (C=O) groups is 2. The first-order valence-electron chi connectivity index (χ1n) is 13.8. The number of fused-ring (bicyclic) bond motifs is 1. The second kappa shape index (κ2) is 11.7. The largest absolute Gasteiger partial charge is 0.389 e. The first-order valence-corrected chi connectivity index (χ1v) is 13.8. The Kier molecular flexibility index (Phi) is 8.35. The van der Waals surface area contributed by atoms with Crippen LogP contribution in [0.3, 0.4) is 0 Å². The van der Waals surface area contributed by atoms with Crippen LogP contribution in [0.2, 0.25) is 0 Å². The van der Waals surface area contributed by atoms with Crippen molar-refractivity contribution in [1.29, 1.82) is 0 Å². The normalized spacial score (nSPS) is 19.0. The second-order valence-electron chi connectivity index (χ2n) is 11.1. The summed E-state index contributed by atoms with van der Waals surface area (Å²) in [7, 11) is 1.21. The molecule has 2 atom stereocenters. The molecule has 3 aromatic rings. The highest BCUT2D eigenvalue weighted by molar-refractivity contribution is 5.93. The molecular formula is C26H29F7N8O2. The van der Waals surface area contributed by atoms with Crippen molar-refractivity contribution in [2.45, 2.75) is 82.0 Å². The van der Waals surface area contributed by atoms with E-state index >= 15 is 0 Å². The molecule has 0 spiro atoms. The maximum Gasteiger partial charge on any atom is 0.389 e. The zero-order valence-electron chi connectivity index (χ0n) is 22.9. The molecule has 0 aromatic carbocycles. The summed E-state index contributed by atoms with van der Waals surface area (Å²) in [5.74, 6) is -5.07. The lowest BCUT2D eigenvalue weighted by molar-refractivity contribution is -0.144. The lowest BCUT2D eigenvalue weighted by Gasteiger charge is -2.33. The molecule has 10 nitrogen and oxygen atoms in total. The van der Waals surface area contributed by atoms with Crippen molar-refractivity contribution in [2.24, 2.45) is 18.9 Å². The molecule has 5 rings (SSSR count). The summed E-state index contributed by atoms with van der Waals surface area (Å²) >= 11 is 0. The number of hydrogen-bond acceptors (Lipinski definition) is 6. The Balaban J connectivity index is 1.41. The standard InChI is InChI=1S/C26H29F7N8O2/c1-40-22(23(27)28)21(38-39-40)24(43)37-20(14-4-7-25(29,30)8-5-14)16-12-41-17(35-16)10-15(11-34-41)19(13-2-3-13)36-18(42)6-9-26(31,32)33/h10-14,19-20,23H,2-9H2,1H3,(H,36,42)(H,37,43)/t19-,20+/m1/s1. The van der Waals surface area contributed by atoms with Crippen LogP contribution in [-0.4, -0.2) is 53.5 Å². The maximum absolute atomic E-state index is 14.0. The van der Waals surface area contributed by atoms with Gasteiger partial charge in [0.2, 0.25) is 11.8 Å². The van der Waals surface area contributed by atoms with Gasteiger partial charge in [0.1, 0.15) is 5.69 Å². The van der Waals surface area contributed by atoms with Crippen molar-refractivity contribution < 1.29 is 40.3 Å². The summed E-state index contributed by atoms with van der Waals surface area (Å²) in [5, 5.41) is 16.7. The molecule has 2 aliphatic carbocycles. The van der Waals surface area contributed by atoms with E-state index in [0.29, 0.717) is 5.56 Å². The number of hydrogen-bond donors (Lipinski definition) is 2. The van der Waals surface area contributed by atoms with Crippen LogP contribution in [0.15, 0.2) is 18.5 Å². The fraction of sp³-hybridized carbons (Fsp3) is 0.615. The van der Waals surface area contributed by atoms with Gasteiger partial charge in [-0.1, -0.05) is 5.21 Å². The highest BCUT2D eigenvalue weighted by Gasteiger charge is 2.40. The van der Waals surface area contributed by atoms with Gasteiger partial charge in [-0.3, -0.25) is 9.59 Å². The molecule has 17 heteroatoms. The van der Waals surface area contributed by atoms with E-state index in [-0.39, 0.29) is 30.1 Å². The predicted molar refractivity (Wildman–Crippen MR) is 135 cm³/mol. The summed E-state index contributed by atoms with van der Waals surface area (Å²) in [6.45, 7) is 0. The molecule has 0 saturated heterocycles. The number of aromatic nitrogens is 6. The first kappa shape index (κ1) is 30.7. The summed E-state index contributed by atoms with van der Waals surface area (Å²) in [4.78, 5) is 29.9. The first-order chi connectivity index (χ1) is 20.2. The van der Waals surface area contributed by atoms with Gasteiger partial charge in [-0.25, -0.2) is 31.7 Å². The molecule has 3 heterocycles. The Morgan fingerprint density at radius 1 is 1.07 bits per heavy atom. The number of alkyl halides is 7. The van der Waals surface area contributed by atoms with Crippen LogP contribution in [0.4, 0.5) is 30.7 Å². The zero-order valence-corrected chi connectivity index (χ0v) is 22.9. The van der Waals surface area contributed by atoms with E-state index in [9.17, 15) is 40.3 Å². The summed E-state index contributed by atoms with van der Waals surface area (Å²) < 4.78 is 95.0. The number of carbonyl (C=O) groups excluding carboxylic acids is 2. The number of rotatable bonds is 10. The SMILES string of the molecule is Cn1nnc(C(=O)N[C@H](c2cn3ncc([C@H](NC(=O)CCC(F)(F)F)C4CC4)cc3n2)C2CCC(F)(F)CC2)c1C(F)F. The summed E-state index contributed by atoms with van der Waals surface area (Å²) in [6.07, 6.45) is -5.80. The number of halogens is 7. The van der Waals surface area contributed by atoms with Gasteiger partial charge >= 0.3 is 6.18 Å². The van der Waals surface area contributed by atoms with E-state index in [1.165, 1.54) is 24.0 Å². The van der Waals surface area contributed by atoms with Gasteiger partial charge in [0.05, 0.1) is 36.6 Å². The van der Waals surface area contributed by atoms with Crippen molar-refractivity contribution >= 4 is 17.5 Å². The average Bonchev–Trinajstić information content (AvgIpc) is 3.56. The molecule has 2 N–H and O–H groups in total. The van der Waals surface area contributed by atoms with Crippen molar-refractivity contribution in [1.82, 2.24) is 40.2 Å². The number of amides is 2. The lowest BCUT2D eigenvalue weighted by atomic mass is 9.81. The fourth-order valence-corrected chi connectivity index (χ4v) is 5.44. The third-order valence-corrected chi connectivity index (χ3v) is 7.89. The van der Waals surface area contributed by atoms with Gasteiger partial charge < -0.3 is 10.6 Å². The molecule has 43 heavy (non-hydrogen) atoms. The molecule has 2 amide bonds. The minimum absolute atomic E-state index is 0.0143. The van der Waals surface area contributed by atoms with Gasteiger partial charge in [0.15, 0.2) is 11.3 Å². The highest BCUT2D eigenvalue weighted by atomic mass is 19.4.